The van der Waals surface area contributed by atoms with Crippen molar-refractivity contribution >= 4 is 12.0 Å². The van der Waals surface area contributed by atoms with E-state index >= 15 is 0 Å². The first-order valence-corrected chi connectivity index (χ1v) is 7.41. The number of nitrogens with zero attached hydrogens (tertiary/aromatic N) is 1. The SMILES string of the molecule is CCOC(=O)NC1CCCN(C(=O)C(N)CC(C)C)C1. The maximum Gasteiger partial charge on any atom is 0.407 e. The van der Waals surface area contributed by atoms with E-state index in [9.17, 15) is 9.59 Å². The minimum absolute atomic E-state index is 0.0194. The van der Waals surface area contributed by atoms with E-state index in [1.165, 1.54) is 0 Å². The van der Waals surface area contributed by atoms with Crippen molar-refractivity contribution in [2.75, 3.05) is 19.7 Å². The number of rotatable bonds is 5. The summed E-state index contributed by atoms with van der Waals surface area (Å²) in [5, 5.41) is 2.79. The summed E-state index contributed by atoms with van der Waals surface area (Å²) in [5.74, 6) is 0.376. The molecule has 0 aromatic carbocycles. The van der Waals surface area contributed by atoms with Gasteiger partial charge in [-0.3, -0.25) is 4.79 Å². The molecule has 0 aromatic rings. The Labute approximate surface area is 121 Å². The standard InChI is InChI=1S/C14H27N3O3/c1-4-20-14(19)16-11-6-5-7-17(9-11)13(18)12(15)8-10(2)3/h10-12H,4-9,15H2,1-3H3,(H,16,19). The molecule has 1 aliphatic rings. The summed E-state index contributed by atoms with van der Waals surface area (Å²) in [6.07, 6.45) is 2.00. The zero-order valence-corrected chi connectivity index (χ0v) is 12.7. The van der Waals surface area contributed by atoms with Gasteiger partial charge in [-0.2, -0.15) is 0 Å². The lowest BCUT2D eigenvalue weighted by Gasteiger charge is -2.34. The summed E-state index contributed by atoms with van der Waals surface area (Å²) in [5.41, 5.74) is 5.94. The molecule has 1 rings (SSSR count). The minimum atomic E-state index is -0.448. The van der Waals surface area contributed by atoms with Crippen molar-refractivity contribution in [2.24, 2.45) is 11.7 Å². The van der Waals surface area contributed by atoms with E-state index in [1.54, 1.807) is 11.8 Å². The molecule has 2 atom stereocenters. The Morgan fingerprint density at radius 2 is 2.15 bits per heavy atom. The lowest BCUT2D eigenvalue weighted by atomic mass is 10.0. The largest absolute Gasteiger partial charge is 0.450 e. The zero-order valence-electron chi connectivity index (χ0n) is 12.7. The second kappa shape index (κ2) is 8.09. The summed E-state index contributed by atoms with van der Waals surface area (Å²) < 4.78 is 4.86. The Morgan fingerprint density at radius 1 is 1.45 bits per heavy atom. The molecule has 1 fully saturated rings. The molecule has 6 heteroatoms. The van der Waals surface area contributed by atoms with Gasteiger partial charge in [-0.25, -0.2) is 4.79 Å². The van der Waals surface area contributed by atoms with Crippen LogP contribution in [0.3, 0.4) is 0 Å². The van der Waals surface area contributed by atoms with Crippen molar-refractivity contribution in [2.45, 2.75) is 52.1 Å². The first-order valence-electron chi connectivity index (χ1n) is 7.41. The van der Waals surface area contributed by atoms with E-state index in [0.717, 1.165) is 12.8 Å². The van der Waals surface area contributed by atoms with Gasteiger partial charge in [0, 0.05) is 19.1 Å². The van der Waals surface area contributed by atoms with Crippen LogP contribution in [0.1, 0.15) is 40.0 Å². The third kappa shape index (κ3) is 5.36. The van der Waals surface area contributed by atoms with E-state index in [4.69, 9.17) is 10.5 Å². The van der Waals surface area contributed by atoms with Crippen LogP contribution in [0.4, 0.5) is 4.79 Å². The molecule has 2 unspecified atom stereocenters. The molecule has 6 nitrogen and oxygen atoms in total. The maximum atomic E-state index is 12.2. The number of alkyl carbamates (subject to hydrolysis) is 1. The third-order valence-corrected chi connectivity index (χ3v) is 3.37. The summed E-state index contributed by atoms with van der Waals surface area (Å²) in [6, 6.07) is -0.491. The Hall–Kier alpha value is -1.30. The molecule has 0 spiro atoms. The highest BCUT2D eigenvalue weighted by Gasteiger charge is 2.28. The van der Waals surface area contributed by atoms with Gasteiger partial charge in [-0.05, 0) is 32.1 Å². The molecule has 116 valence electrons. The van der Waals surface area contributed by atoms with Gasteiger partial charge in [0.15, 0.2) is 0 Å². The van der Waals surface area contributed by atoms with Crippen molar-refractivity contribution < 1.29 is 14.3 Å². The van der Waals surface area contributed by atoms with Crippen LogP contribution in [-0.2, 0) is 9.53 Å². The Bertz CT molecular complexity index is 334. The highest BCUT2D eigenvalue weighted by Crippen LogP contribution is 2.13. The first kappa shape index (κ1) is 16.8. The fourth-order valence-electron chi connectivity index (χ4n) is 2.48. The van der Waals surface area contributed by atoms with Crippen LogP contribution >= 0.6 is 0 Å². The molecule has 1 heterocycles. The maximum absolute atomic E-state index is 12.2. The third-order valence-electron chi connectivity index (χ3n) is 3.37. The summed E-state index contributed by atoms with van der Waals surface area (Å²) in [7, 11) is 0. The fraction of sp³-hybridized carbons (Fsp3) is 0.857. The number of nitrogens with two attached hydrogens (primary N) is 1. The van der Waals surface area contributed by atoms with Gasteiger partial charge < -0.3 is 20.7 Å². The molecule has 0 saturated carbocycles. The summed E-state index contributed by atoms with van der Waals surface area (Å²) in [4.78, 5) is 25.4. The average Bonchev–Trinajstić information content (AvgIpc) is 2.37. The number of amides is 2. The average molecular weight is 285 g/mol. The number of ether oxygens (including phenoxy) is 1. The van der Waals surface area contributed by atoms with E-state index in [1.807, 2.05) is 0 Å². The zero-order chi connectivity index (χ0) is 15.1. The highest BCUT2D eigenvalue weighted by atomic mass is 16.5. The molecule has 0 aromatic heterocycles. The predicted molar refractivity (Wildman–Crippen MR) is 77.2 cm³/mol. The van der Waals surface area contributed by atoms with Crippen LogP contribution in [0.25, 0.3) is 0 Å². The van der Waals surface area contributed by atoms with Gasteiger partial charge in [-0.15, -0.1) is 0 Å². The summed E-state index contributed by atoms with van der Waals surface area (Å²) >= 11 is 0. The van der Waals surface area contributed by atoms with E-state index in [2.05, 4.69) is 19.2 Å². The summed E-state index contributed by atoms with van der Waals surface area (Å²) in [6.45, 7) is 7.44. The van der Waals surface area contributed by atoms with Gasteiger partial charge >= 0.3 is 6.09 Å². The number of nitrogens with one attached hydrogen (secondary N) is 1. The Kier molecular flexibility index (Phi) is 6.78. The number of hydrogen-bond acceptors (Lipinski definition) is 4. The smallest absolute Gasteiger partial charge is 0.407 e. The van der Waals surface area contributed by atoms with Crippen LogP contribution in [0, 0.1) is 5.92 Å². The van der Waals surface area contributed by atoms with Crippen LogP contribution in [-0.4, -0.2) is 48.7 Å². The second-order valence-corrected chi connectivity index (χ2v) is 5.72. The van der Waals surface area contributed by atoms with Gasteiger partial charge in [0.1, 0.15) is 0 Å². The van der Waals surface area contributed by atoms with Crippen LogP contribution in [0.15, 0.2) is 0 Å². The first-order chi connectivity index (χ1) is 9.43. The molecule has 3 N–H and O–H groups in total. The highest BCUT2D eigenvalue weighted by molar-refractivity contribution is 5.81. The fourth-order valence-corrected chi connectivity index (χ4v) is 2.48. The molecule has 20 heavy (non-hydrogen) atoms. The molecule has 1 saturated heterocycles. The van der Waals surface area contributed by atoms with Gasteiger partial charge in [0.2, 0.25) is 5.91 Å². The Morgan fingerprint density at radius 3 is 2.75 bits per heavy atom. The van der Waals surface area contributed by atoms with Crippen LogP contribution < -0.4 is 11.1 Å². The second-order valence-electron chi connectivity index (χ2n) is 5.72. The van der Waals surface area contributed by atoms with Gasteiger partial charge in [0.05, 0.1) is 12.6 Å². The van der Waals surface area contributed by atoms with Crippen molar-refractivity contribution in [1.82, 2.24) is 10.2 Å². The van der Waals surface area contributed by atoms with E-state index in [-0.39, 0.29) is 11.9 Å². The molecule has 0 radical (unpaired) electrons. The number of carbonyl (C=O) groups excluding carboxylic acids is 2. The topological polar surface area (TPSA) is 84.7 Å². The van der Waals surface area contributed by atoms with Crippen LogP contribution in [0.5, 0.6) is 0 Å². The molecular formula is C14H27N3O3. The van der Waals surface area contributed by atoms with Crippen molar-refractivity contribution in [3.05, 3.63) is 0 Å². The van der Waals surface area contributed by atoms with Crippen molar-refractivity contribution in [3.63, 3.8) is 0 Å². The Balaban J connectivity index is 2.47. The molecular weight excluding hydrogens is 258 g/mol. The molecule has 0 bridgehead atoms. The van der Waals surface area contributed by atoms with Gasteiger partial charge in [0.25, 0.3) is 0 Å². The van der Waals surface area contributed by atoms with E-state index in [0.29, 0.717) is 32.0 Å². The minimum Gasteiger partial charge on any atom is -0.450 e. The molecule has 0 aliphatic carbocycles. The number of carbonyl (C=O) groups is 2. The molecule has 1 aliphatic heterocycles. The van der Waals surface area contributed by atoms with E-state index < -0.39 is 12.1 Å². The normalized spacial score (nSPS) is 20.6. The predicted octanol–water partition coefficient (Wildman–Crippen LogP) is 1.10. The monoisotopic (exact) mass is 285 g/mol. The quantitative estimate of drug-likeness (QED) is 0.792. The number of likely N-dealkylation sites (tertiary alicyclic amines) is 1. The number of piperidine rings is 1. The van der Waals surface area contributed by atoms with Crippen LogP contribution in [0.2, 0.25) is 0 Å². The van der Waals surface area contributed by atoms with Crippen molar-refractivity contribution in [3.8, 4) is 0 Å². The van der Waals surface area contributed by atoms with Crippen molar-refractivity contribution in [1.29, 1.82) is 0 Å². The number of hydrogen-bond donors (Lipinski definition) is 2. The molecule has 2 amide bonds. The lowest BCUT2D eigenvalue weighted by Crippen LogP contribution is -2.53. The lowest BCUT2D eigenvalue weighted by molar-refractivity contribution is -0.134. The van der Waals surface area contributed by atoms with Gasteiger partial charge in [-0.1, -0.05) is 13.8 Å².